The van der Waals surface area contributed by atoms with Gasteiger partial charge in [0, 0.05) is 24.7 Å². The number of esters is 1. The van der Waals surface area contributed by atoms with Gasteiger partial charge in [-0.3, -0.25) is 9.59 Å². The van der Waals surface area contributed by atoms with E-state index < -0.39 is 0 Å². The van der Waals surface area contributed by atoms with E-state index in [4.69, 9.17) is 4.74 Å². The van der Waals surface area contributed by atoms with Crippen LogP contribution in [0.25, 0.3) is 0 Å². The van der Waals surface area contributed by atoms with Crippen LogP contribution in [0.1, 0.15) is 46.5 Å². The van der Waals surface area contributed by atoms with Crippen LogP contribution in [0, 0.1) is 11.3 Å². The normalized spacial score (nSPS) is 39.2. The third kappa shape index (κ3) is 1.92. The monoisotopic (exact) mass is 236 g/mol. The Hall–Kier alpha value is -1.12. The SMILES string of the molecule is C/C=C1\C(=O)CC2[C@@H](OC(C)=O)CCCC12C. The molecule has 0 aromatic carbocycles. The van der Waals surface area contributed by atoms with Gasteiger partial charge in [0.25, 0.3) is 0 Å². The van der Waals surface area contributed by atoms with Gasteiger partial charge in [-0.2, -0.15) is 0 Å². The molecule has 0 heterocycles. The molecule has 2 rings (SSSR count). The van der Waals surface area contributed by atoms with Gasteiger partial charge >= 0.3 is 5.97 Å². The quantitative estimate of drug-likeness (QED) is 0.519. The Labute approximate surface area is 102 Å². The van der Waals surface area contributed by atoms with Crippen LogP contribution < -0.4 is 0 Å². The molecule has 2 unspecified atom stereocenters. The number of rotatable bonds is 1. The molecule has 0 bridgehead atoms. The number of Topliss-reactive ketones (excluding diaryl/α,β-unsaturated/α-hetero) is 1. The van der Waals surface area contributed by atoms with Crippen LogP contribution in [0.3, 0.4) is 0 Å². The number of carbonyl (C=O) groups is 2. The minimum absolute atomic E-state index is 0.0763. The first-order chi connectivity index (χ1) is 7.99. The van der Waals surface area contributed by atoms with Crippen molar-refractivity contribution in [1.82, 2.24) is 0 Å². The maximum absolute atomic E-state index is 12.0. The van der Waals surface area contributed by atoms with Crippen molar-refractivity contribution < 1.29 is 14.3 Å². The fraction of sp³-hybridized carbons (Fsp3) is 0.714. The molecule has 3 nitrogen and oxygen atoms in total. The lowest BCUT2D eigenvalue weighted by Crippen LogP contribution is -2.39. The second-order valence-corrected chi connectivity index (χ2v) is 5.39. The van der Waals surface area contributed by atoms with Gasteiger partial charge in [0.05, 0.1) is 0 Å². The first-order valence-corrected chi connectivity index (χ1v) is 6.36. The molecule has 0 spiro atoms. The van der Waals surface area contributed by atoms with Crippen molar-refractivity contribution in [2.45, 2.75) is 52.6 Å². The molecule has 94 valence electrons. The highest BCUT2D eigenvalue weighted by atomic mass is 16.5. The summed E-state index contributed by atoms with van der Waals surface area (Å²) in [6.07, 6.45) is 5.35. The zero-order valence-electron chi connectivity index (χ0n) is 10.8. The number of hydrogen-bond donors (Lipinski definition) is 0. The minimum atomic E-state index is -0.236. The molecule has 2 fully saturated rings. The molecule has 0 aromatic rings. The molecule has 3 atom stereocenters. The average molecular weight is 236 g/mol. The second kappa shape index (κ2) is 4.28. The maximum atomic E-state index is 12.0. The van der Waals surface area contributed by atoms with E-state index in [2.05, 4.69) is 6.92 Å². The van der Waals surface area contributed by atoms with Crippen molar-refractivity contribution >= 4 is 11.8 Å². The van der Waals surface area contributed by atoms with Gasteiger partial charge in [0.1, 0.15) is 6.10 Å². The Morgan fingerprint density at radius 1 is 1.53 bits per heavy atom. The number of carbonyl (C=O) groups excluding carboxylic acids is 2. The number of allylic oxidation sites excluding steroid dienone is 2. The molecule has 2 saturated carbocycles. The predicted molar refractivity (Wildman–Crippen MR) is 64.4 cm³/mol. The van der Waals surface area contributed by atoms with E-state index in [1.807, 2.05) is 13.0 Å². The molecular formula is C14H20O3. The smallest absolute Gasteiger partial charge is 0.302 e. The first kappa shape index (κ1) is 12.3. The van der Waals surface area contributed by atoms with Gasteiger partial charge in [0.15, 0.2) is 5.78 Å². The van der Waals surface area contributed by atoms with Crippen LogP contribution in [0.2, 0.25) is 0 Å². The standard InChI is InChI=1S/C14H20O3/c1-4-10-12(16)8-11-13(17-9(2)15)6-5-7-14(10,11)3/h4,11,13H,5-8H2,1-3H3/b10-4+/t11?,13-,14?/m0/s1. The van der Waals surface area contributed by atoms with Crippen LogP contribution in [0.4, 0.5) is 0 Å². The van der Waals surface area contributed by atoms with Crippen molar-refractivity contribution in [3.8, 4) is 0 Å². The minimum Gasteiger partial charge on any atom is -0.462 e. The highest BCUT2D eigenvalue weighted by Crippen LogP contribution is 2.54. The van der Waals surface area contributed by atoms with Crippen molar-refractivity contribution in [2.24, 2.45) is 11.3 Å². The van der Waals surface area contributed by atoms with Gasteiger partial charge in [0.2, 0.25) is 0 Å². The second-order valence-electron chi connectivity index (χ2n) is 5.39. The average Bonchev–Trinajstić information content (AvgIpc) is 2.49. The summed E-state index contributed by atoms with van der Waals surface area (Å²) in [5.74, 6) is 0.179. The van der Waals surface area contributed by atoms with E-state index in [1.54, 1.807) is 0 Å². The van der Waals surface area contributed by atoms with Crippen molar-refractivity contribution in [3.05, 3.63) is 11.6 Å². The predicted octanol–water partition coefficient (Wildman–Crippen LogP) is 2.64. The lowest BCUT2D eigenvalue weighted by atomic mass is 9.66. The lowest BCUT2D eigenvalue weighted by Gasteiger charge is -2.41. The Balaban J connectivity index is 2.29. The lowest BCUT2D eigenvalue weighted by molar-refractivity contribution is -0.153. The molecule has 0 saturated heterocycles. The summed E-state index contributed by atoms with van der Waals surface area (Å²) in [5, 5.41) is 0. The summed E-state index contributed by atoms with van der Waals surface area (Å²) >= 11 is 0. The molecule has 0 N–H and O–H groups in total. The third-order valence-electron chi connectivity index (χ3n) is 4.38. The Morgan fingerprint density at radius 3 is 2.82 bits per heavy atom. The van der Waals surface area contributed by atoms with Gasteiger partial charge in [-0.15, -0.1) is 0 Å². The zero-order chi connectivity index (χ0) is 12.6. The van der Waals surface area contributed by atoms with Crippen molar-refractivity contribution in [1.29, 1.82) is 0 Å². The number of hydrogen-bond acceptors (Lipinski definition) is 3. The van der Waals surface area contributed by atoms with Crippen molar-refractivity contribution in [3.63, 3.8) is 0 Å². The molecule has 2 aliphatic carbocycles. The molecule has 2 aliphatic rings. The van der Waals surface area contributed by atoms with E-state index in [0.717, 1.165) is 24.8 Å². The molecule has 0 radical (unpaired) electrons. The fourth-order valence-electron chi connectivity index (χ4n) is 3.63. The van der Waals surface area contributed by atoms with Crippen LogP contribution in [-0.4, -0.2) is 17.9 Å². The van der Waals surface area contributed by atoms with Crippen LogP contribution in [-0.2, 0) is 14.3 Å². The van der Waals surface area contributed by atoms with Crippen molar-refractivity contribution in [2.75, 3.05) is 0 Å². The van der Waals surface area contributed by atoms with Crippen LogP contribution in [0.5, 0.6) is 0 Å². The molecular weight excluding hydrogens is 216 g/mol. The maximum Gasteiger partial charge on any atom is 0.302 e. The Kier molecular flexibility index (Phi) is 3.11. The van der Waals surface area contributed by atoms with E-state index in [1.165, 1.54) is 6.92 Å². The number of ether oxygens (including phenoxy) is 1. The Morgan fingerprint density at radius 2 is 2.24 bits per heavy atom. The summed E-state index contributed by atoms with van der Waals surface area (Å²) in [5.41, 5.74) is 0.865. The highest BCUT2D eigenvalue weighted by Gasteiger charge is 2.53. The number of ketones is 1. The molecule has 3 heteroatoms. The Bertz CT molecular complexity index is 383. The first-order valence-electron chi connectivity index (χ1n) is 6.36. The summed E-state index contributed by atoms with van der Waals surface area (Å²) in [7, 11) is 0. The summed E-state index contributed by atoms with van der Waals surface area (Å²) in [6, 6.07) is 0. The van der Waals surface area contributed by atoms with Gasteiger partial charge in [-0.25, -0.2) is 0 Å². The summed E-state index contributed by atoms with van der Waals surface area (Å²) < 4.78 is 5.39. The third-order valence-corrected chi connectivity index (χ3v) is 4.38. The summed E-state index contributed by atoms with van der Waals surface area (Å²) in [6.45, 7) is 5.52. The summed E-state index contributed by atoms with van der Waals surface area (Å²) in [4.78, 5) is 23.1. The molecule has 0 aliphatic heterocycles. The molecule has 17 heavy (non-hydrogen) atoms. The van der Waals surface area contributed by atoms with E-state index in [9.17, 15) is 9.59 Å². The molecule has 0 amide bonds. The van der Waals surface area contributed by atoms with E-state index in [0.29, 0.717) is 6.42 Å². The van der Waals surface area contributed by atoms with E-state index >= 15 is 0 Å². The van der Waals surface area contributed by atoms with Crippen LogP contribution in [0.15, 0.2) is 11.6 Å². The van der Waals surface area contributed by atoms with E-state index in [-0.39, 0.29) is 29.2 Å². The van der Waals surface area contributed by atoms with Crippen LogP contribution >= 0.6 is 0 Å². The van der Waals surface area contributed by atoms with Gasteiger partial charge in [-0.05, 0) is 31.8 Å². The number of fused-ring (bicyclic) bond motifs is 1. The topological polar surface area (TPSA) is 43.4 Å². The highest BCUT2D eigenvalue weighted by molar-refractivity contribution is 5.99. The fourth-order valence-corrected chi connectivity index (χ4v) is 3.63. The molecule has 0 aromatic heterocycles. The van der Waals surface area contributed by atoms with Gasteiger partial charge in [-0.1, -0.05) is 13.0 Å². The van der Waals surface area contributed by atoms with Gasteiger partial charge < -0.3 is 4.74 Å². The largest absolute Gasteiger partial charge is 0.462 e. The zero-order valence-corrected chi connectivity index (χ0v) is 10.8.